The lowest BCUT2D eigenvalue weighted by atomic mass is 10.1. The van der Waals surface area contributed by atoms with Crippen LogP contribution in [0.25, 0.3) is 0 Å². The second kappa shape index (κ2) is 21.1. The standard InChI is InChI=1S/C22H43N2.C12H10BO3/c1-5-8-11-12-13-16-19-24-21(17-14-9-6-2)20-23(4)22(24)18-15-10-7-3;14-13(15-11-7-3-1-4-8-11)16-12-9-5-2-6-10-12/h20H,5-19H2,1-4H3;1-10H/q+1;-1. The van der Waals surface area contributed by atoms with Gasteiger partial charge in [-0.3, -0.25) is 0 Å². The smallest absolute Gasteiger partial charge is 0.492 e. The highest BCUT2D eigenvalue weighted by Gasteiger charge is 2.20. The molecular weight excluding hydrogens is 495 g/mol. The SMILES string of the molecule is CCCCCCCCn1c(CCCCC)c[n+](C)c1CCCCC.[O-]B(Oc1ccccc1)Oc1ccccc1. The van der Waals surface area contributed by atoms with E-state index in [1.54, 1.807) is 60.0 Å². The highest BCUT2D eigenvalue weighted by atomic mass is 16.7. The molecule has 0 fully saturated rings. The van der Waals surface area contributed by atoms with Gasteiger partial charge in [-0.25, -0.2) is 9.13 Å². The van der Waals surface area contributed by atoms with Gasteiger partial charge in [0.05, 0.1) is 13.6 Å². The molecular formula is C34H53BN2O3. The third-order valence-corrected chi connectivity index (χ3v) is 7.13. The molecule has 6 heteroatoms. The summed E-state index contributed by atoms with van der Waals surface area (Å²) in [5.74, 6) is 2.56. The van der Waals surface area contributed by atoms with E-state index in [-0.39, 0.29) is 0 Å². The fraction of sp³-hybridized carbons (Fsp3) is 0.559. The van der Waals surface area contributed by atoms with Gasteiger partial charge in [-0.1, -0.05) is 109 Å². The van der Waals surface area contributed by atoms with Crippen LogP contribution in [0.2, 0.25) is 0 Å². The van der Waals surface area contributed by atoms with E-state index < -0.39 is 7.32 Å². The average molecular weight is 549 g/mol. The number of hydrogen-bond donors (Lipinski definition) is 0. The van der Waals surface area contributed by atoms with Gasteiger partial charge in [0.15, 0.2) is 0 Å². The highest BCUT2D eigenvalue weighted by Crippen LogP contribution is 2.15. The minimum absolute atomic E-state index is 0.499. The van der Waals surface area contributed by atoms with Crippen LogP contribution < -0.4 is 18.9 Å². The van der Waals surface area contributed by atoms with Gasteiger partial charge >= 0.3 is 7.32 Å². The summed E-state index contributed by atoms with van der Waals surface area (Å²) >= 11 is 0. The third kappa shape index (κ3) is 13.6. The Morgan fingerprint density at radius 2 is 1.12 bits per heavy atom. The van der Waals surface area contributed by atoms with E-state index >= 15 is 0 Å². The average Bonchev–Trinajstić information content (AvgIpc) is 3.26. The van der Waals surface area contributed by atoms with Crippen molar-refractivity contribution in [3.8, 4) is 11.5 Å². The first-order chi connectivity index (χ1) is 19.6. The van der Waals surface area contributed by atoms with Gasteiger partial charge in [-0.05, 0) is 49.9 Å². The van der Waals surface area contributed by atoms with E-state index in [4.69, 9.17) is 9.31 Å². The number of benzene rings is 2. The van der Waals surface area contributed by atoms with Crippen molar-refractivity contribution in [1.29, 1.82) is 0 Å². The molecule has 0 amide bonds. The molecule has 1 heterocycles. The zero-order valence-corrected chi connectivity index (χ0v) is 25.7. The van der Waals surface area contributed by atoms with E-state index in [9.17, 15) is 5.02 Å². The van der Waals surface area contributed by atoms with Crippen LogP contribution in [-0.4, -0.2) is 11.9 Å². The van der Waals surface area contributed by atoms with Gasteiger partial charge in [0.25, 0.3) is 5.82 Å². The molecule has 2 aromatic carbocycles. The summed E-state index contributed by atoms with van der Waals surface area (Å²) < 4.78 is 15.2. The first-order valence-electron chi connectivity index (χ1n) is 15.7. The fourth-order valence-electron chi connectivity index (χ4n) is 4.89. The summed E-state index contributed by atoms with van der Waals surface area (Å²) in [7, 11) is 0.701. The normalized spacial score (nSPS) is 10.6. The quantitative estimate of drug-likeness (QED) is 0.0879. The first kappa shape index (κ1) is 33.5. The number of nitrogens with zero attached hydrogens (tertiary/aromatic N) is 2. The molecule has 0 unspecified atom stereocenters. The van der Waals surface area contributed by atoms with E-state index in [0.29, 0.717) is 11.5 Å². The van der Waals surface area contributed by atoms with E-state index in [2.05, 4.69) is 43.1 Å². The molecule has 1 aromatic heterocycles. The van der Waals surface area contributed by atoms with Gasteiger partial charge in [0.2, 0.25) is 0 Å². The van der Waals surface area contributed by atoms with E-state index in [1.807, 2.05) is 12.1 Å². The largest absolute Gasteiger partial charge is 0.808 e. The third-order valence-electron chi connectivity index (χ3n) is 7.13. The van der Waals surface area contributed by atoms with Crippen LogP contribution in [0.15, 0.2) is 66.9 Å². The van der Waals surface area contributed by atoms with Crippen molar-refractivity contribution < 1.29 is 18.9 Å². The molecule has 0 N–H and O–H groups in total. The van der Waals surface area contributed by atoms with Crippen molar-refractivity contribution in [1.82, 2.24) is 4.57 Å². The van der Waals surface area contributed by atoms with Crippen molar-refractivity contribution in [3.63, 3.8) is 0 Å². The van der Waals surface area contributed by atoms with Crippen LogP contribution in [0.5, 0.6) is 11.5 Å². The Labute approximate surface area is 244 Å². The number of hydrogen-bond acceptors (Lipinski definition) is 3. The molecule has 5 nitrogen and oxygen atoms in total. The monoisotopic (exact) mass is 548 g/mol. The number of imidazole rings is 1. The summed E-state index contributed by atoms with van der Waals surface area (Å²) in [5.41, 5.74) is 1.58. The van der Waals surface area contributed by atoms with Gasteiger partial charge < -0.3 is 14.3 Å². The number of para-hydroxylation sites is 2. The van der Waals surface area contributed by atoms with Crippen LogP contribution in [0.3, 0.4) is 0 Å². The highest BCUT2D eigenvalue weighted by molar-refractivity contribution is 6.34. The molecule has 40 heavy (non-hydrogen) atoms. The molecule has 220 valence electrons. The lowest BCUT2D eigenvalue weighted by molar-refractivity contribution is -0.679. The van der Waals surface area contributed by atoms with Gasteiger partial charge in [-0.2, -0.15) is 0 Å². The molecule has 0 saturated heterocycles. The molecule has 0 spiro atoms. The van der Waals surface area contributed by atoms with Crippen molar-refractivity contribution >= 4 is 7.32 Å². The predicted octanol–water partition coefficient (Wildman–Crippen LogP) is 7.63. The number of aromatic nitrogens is 2. The zero-order valence-electron chi connectivity index (χ0n) is 25.7. The van der Waals surface area contributed by atoms with Gasteiger partial charge in [0, 0.05) is 12.8 Å². The van der Waals surface area contributed by atoms with Gasteiger partial charge in [0.1, 0.15) is 23.4 Å². The second-order valence-electron chi connectivity index (χ2n) is 10.6. The lowest BCUT2D eigenvalue weighted by Gasteiger charge is -2.20. The summed E-state index contributed by atoms with van der Waals surface area (Å²) in [6.07, 6.45) is 21.2. The number of rotatable bonds is 19. The van der Waals surface area contributed by atoms with Crippen molar-refractivity contribution in [2.24, 2.45) is 7.05 Å². The van der Waals surface area contributed by atoms with E-state index in [1.165, 1.54) is 96.4 Å². The molecule has 0 radical (unpaired) electrons. The Morgan fingerprint density at radius 3 is 1.68 bits per heavy atom. The molecule has 0 saturated carbocycles. The van der Waals surface area contributed by atoms with Crippen molar-refractivity contribution in [2.45, 2.75) is 117 Å². The summed E-state index contributed by atoms with van der Waals surface area (Å²) in [6, 6.07) is 17.7. The van der Waals surface area contributed by atoms with Gasteiger partial charge in [-0.15, -0.1) is 0 Å². The minimum Gasteiger partial charge on any atom is -0.808 e. The summed E-state index contributed by atoms with van der Waals surface area (Å²) in [6.45, 7) is 8.12. The maximum absolute atomic E-state index is 11.4. The van der Waals surface area contributed by atoms with Crippen LogP contribution in [0, 0.1) is 0 Å². The zero-order chi connectivity index (χ0) is 28.8. The maximum atomic E-state index is 11.4. The molecule has 0 aliphatic heterocycles. The first-order valence-corrected chi connectivity index (χ1v) is 15.7. The van der Waals surface area contributed by atoms with Crippen LogP contribution in [0.4, 0.5) is 0 Å². The number of unbranched alkanes of at least 4 members (excludes halogenated alkanes) is 9. The molecule has 0 aliphatic rings. The summed E-state index contributed by atoms with van der Waals surface area (Å²) in [4.78, 5) is 0. The Morgan fingerprint density at radius 1 is 0.650 bits per heavy atom. The topological polar surface area (TPSA) is 50.3 Å². The van der Waals surface area contributed by atoms with Crippen LogP contribution >= 0.6 is 0 Å². The minimum atomic E-state index is -1.55. The second-order valence-corrected chi connectivity index (χ2v) is 10.6. The molecule has 0 atom stereocenters. The molecule has 0 aliphatic carbocycles. The molecule has 0 bridgehead atoms. The van der Waals surface area contributed by atoms with Crippen LogP contribution in [0.1, 0.15) is 109 Å². The van der Waals surface area contributed by atoms with Crippen molar-refractivity contribution in [3.05, 3.63) is 78.4 Å². The lowest BCUT2D eigenvalue weighted by Crippen LogP contribution is -2.43. The predicted molar refractivity (Wildman–Crippen MR) is 165 cm³/mol. The summed E-state index contributed by atoms with van der Waals surface area (Å²) in [5, 5.41) is 11.4. The Balaban J connectivity index is 0.000000302. The molecule has 3 aromatic rings. The Hall–Kier alpha value is -2.73. The van der Waals surface area contributed by atoms with Crippen LogP contribution in [-0.2, 0) is 26.4 Å². The number of aryl methyl sites for hydroxylation is 2. The maximum Gasteiger partial charge on any atom is 0.492 e. The molecule has 3 rings (SSSR count). The van der Waals surface area contributed by atoms with E-state index in [0.717, 1.165) is 0 Å². The Bertz CT molecular complexity index is 969. The van der Waals surface area contributed by atoms with Crippen molar-refractivity contribution in [2.75, 3.05) is 0 Å². The fourth-order valence-corrected chi connectivity index (χ4v) is 4.89. The Kier molecular flexibility index (Phi) is 17.6.